The van der Waals surface area contributed by atoms with Gasteiger partial charge in [0, 0.05) is 24.6 Å². The first-order valence-corrected chi connectivity index (χ1v) is 8.13. The Bertz CT molecular complexity index is 566. The number of anilines is 1. The molecule has 2 amide bonds. The average molecular weight is 348 g/mol. The maximum atomic E-state index is 12.6. The van der Waals surface area contributed by atoms with E-state index in [1.807, 2.05) is 0 Å². The number of urea groups is 1. The van der Waals surface area contributed by atoms with Gasteiger partial charge in [-0.15, -0.1) is 0 Å². The fourth-order valence-corrected chi connectivity index (χ4v) is 3.29. The van der Waals surface area contributed by atoms with E-state index in [1.165, 1.54) is 12.1 Å². The van der Waals surface area contributed by atoms with Crippen molar-refractivity contribution < 1.29 is 23.1 Å². The highest BCUT2D eigenvalue weighted by Gasteiger charge is 2.31. The van der Waals surface area contributed by atoms with Crippen LogP contribution in [0, 0.1) is 12.8 Å². The van der Waals surface area contributed by atoms with Crippen LogP contribution in [-0.2, 0) is 0 Å². The number of rotatable bonds is 4. The quantitative estimate of drug-likeness (QED) is 0.813. The van der Waals surface area contributed by atoms with E-state index in [-0.39, 0.29) is 34.9 Å². The second-order valence-corrected chi connectivity index (χ2v) is 6.70. The molecule has 1 saturated heterocycles. The number of aliphatic hydroxyl groups is 1. The Labute approximate surface area is 137 Å². The molecule has 0 radical (unpaired) electrons. The Balaban J connectivity index is 2.06. The number of amides is 2. The van der Waals surface area contributed by atoms with Crippen molar-refractivity contribution in [3.63, 3.8) is 0 Å². The van der Waals surface area contributed by atoms with Crippen LogP contribution in [0.15, 0.2) is 23.1 Å². The third kappa shape index (κ3) is 5.31. The van der Waals surface area contributed by atoms with Crippen LogP contribution < -0.4 is 5.32 Å². The highest BCUT2D eigenvalue weighted by Crippen LogP contribution is 2.41. The van der Waals surface area contributed by atoms with Crippen molar-refractivity contribution in [3.8, 4) is 0 Å². The van der Waals surface area contributed by atoms with Crippen LogP contribution in [0.5, 0.6) is 0 Å². The number of alkyl halides is 3. The molecule has 1 aliphatic heterocycles. The number of hydrogen-bond acceptors (Lipinski definition) is 3. The van der Waals surface area contributed by atoms with E-state index in [0.717, 1.165) is 6.42 Å². The lowest BCUT2D eigenvalue weighted by Gasteiger charge is -2.19. The molecule has 4 nitrogen and oxygen atoms in total. The number of carbonyl (C=O) groups excluding carboxylic acids is 1. The maximum absolute atomic E-state index is 12.6. The van der Waals surface area contributed by atoms with Crippen LogP contribution >= 0.6 is 11.8 Å². The van der Waals surface area contributed by atoms with Gasteiger partial charge >= 0.3 is 11.5 Å². The van der Waals surface area contributed by atoms with Gasteiger partial charge in [-0.05, 0) is 55.1 Å². The largest absolute Gasteiger partial charge is 0.446 e. The number of aliphatic hydroxyl groups excluding tert-OH is 1. The second-order valence-electron chi connectivity index (χ2n) is 5.59. The van der Waals surface area contributed by atoms with Crippen LogP contribution in [0.1, 0.15) is 18.4 Å². The van der Waals surface area contributed by atoms with Crippen molar-refractivity contribution >= 4 is 23.5 Å². The third-order valence-electron chi connectivity index (χ3n) is 3.71. The van der Waals surface area contributed by atoms with Gasteiger partial charge in [0.15, 0.2) is 0 Å². The summed E-state index contributed by atoms with van der Waals surface area (Å²) in [6, 6.07) is 4.15. The molecule has 23 heavy (non-hydrogen) atoms. The molecule has 0 bridgehead atoms. The fraction of sp³-hybridized carbons (Fsp3) is 0.533. The van der Waals surface area contributed by atoms with E-state index in [0.29, 0.717) is 25.1 Å². The molecule has 1 fully saturated rings. The molecule has 0 saturated carbocycles. The van der Waals surface area contributed by atoms with Gasteiger partial charge < -0.3 is 15.3 Å². The number of hydrogen-bond donors (Lipinski definition) is 2. The van der Waals surface area contributed by atoms with Gasteiger partial charge in [0.25, 0.3) is 0 Å². The average Bonchev–Trinajstić information content (AvgIpc) is 2.89. The van der Waals surface area contributed by atoms with Gasteiger partial charge in [0.05, 0.1) is 5.69 Å². The van der Waals surface area contributed by atoms with Crippen molar-refractivity contribution in [2.45, 2.75) is 30.2 Å². The van der Waals surface area contributed by atoms with Crippen LogP contribution in [0.4, 0.5) is 23.7 Å². The van der Waals surface area contributed by atoms with Gasteiger partial charge in [-0.3, -0.25) is 0 Å². The minimum atomic E-state index is -4.41. The van der Waals surface area contributed by atoms with E-state index < -0.39 is 11.5 Å². The van der Waals surface area contributed by atoms with E-state index in [4.69, 9.17) is 5.11 Å². The third-order valence-corrected chi connectivity index (χ3v) is 4.50. The lowest BCUT2D eigenvalue weighted by atomic mass is 10.1. The Morgan fingerprint density at radius 2 is 2.22 bits per heavy atom. The van der Waals surface area contributed by atoms with E-state index >= 15 is 0 Å². The summed E-state index contributed by atoms with van der Waals surface area (Å²) in [4.78, 5) is 13.8. The number of likely N-dealkylation sites (tertiary alicyclic amines) is 1. The lowest BCUT2D eigenvalue weighted by Crippen LogP contribution is -2.33. The molecule has 0 spiro atoms. The van der Waals surface area contributed by atoms with Crippen LogP contribution in [0.3, 0.4) is 0 Å². The molecule has 0 unspecified atom stereocenters. The van der Waals surface area contributed by atoms with Gasteiger partial charge in [0.2, 0.25) is 0 Å². The van der Waals surface area contributed by atoms with Gasteiger partial charge in [0.1, 0.15) is 0 Å². The first-order chi connectivity index (χ1) is 10.8. The molecule has 2 rings (SSSR count). The summed E-state index contributed by atoms with van der Waals surface area (Å²) < 4.78 is 37.9. The number of nitrogens with one attached hydrogen (secondary N) is 1. The SMILES string of the molecule is Cc1ccc(NC(=O)N2CC[C@@H](CCO)C2)c(SC(F)(F)F)c1. The number of halogens is 3. The Kier molecular flexibility index (Phi) is 5.80. The summed E-state index contributed by atoms with van der Waals surface area (Å²) in [5, 5.41) is 11.5. The molecule has 0 aliphatic carbocycles. The summed E-state index contributed by atoms with van der Waals surface area (Å²) in [5.41, 5.74) is -3.56. The molecular weight excluding hydrogens is 329 g/mol. The van der Waals surface area contributed by atoms with Crippen molar-refractivity contribution in [1.29, 1.82) is 0 Å². The molecular formula is C15H19F3N2O2S. The molecule has 1 aromatic rings. The molecule has 1 aromatic carbocycles. The maximum Gasteiger partial charge on any atom is 0.446 e. The topological polar surface area (TPSA) is 52.6 Å². The zero-order valence-corrected chi connectivity index (χ0v) is 13.5. The van der Waals surface area contributed by atoms with Crippen molar-refractivity contribution in [1.82, 2.24) is 4.90 Å². The number of aryl methyl sites for hydroxylation is 1. The van der Waals surface area contributed by atoms with Gasteiger partial charge in [-0.1, -0.05) is 6.07 Å². The first kappa shape index (κ1) is 17.9. The van der Waals surface area contributed by atoms with E-state index in [2.05, 4.69) is 5.32 Å². The monoisotopic (exact) mass is 348 g/mol. The molecule has 1 atom stereocenters. The van der Waals surface area contributed by atoms with Crippen molar-refractivity contribution in [2.75, 3.05) is 25.0 Å². The van der Waals surface area contributed by atoms with Gasteiger partial charge in [-0.2, -0.15) is 13.2 Å². The standard InChI is InChI=1S/C15H19F3N2O2S/c1-10-2-3-12(13(8-10)23-15(16,17)18)19-14(22)20-6-4-11(9-20)5-7-21/h2-3,8,11,21H,4-7,9H2,1H3,(H,19,22)/t11-/m0/s1. The van der Waals surface area contributed by atoms with Crippen molar-refractivity contribution in [3.05, 3.63) is 23.8 Å². The Morgan fingerprint density at radius 3 is 2.87 bits per heavy atom. The first-order valence-electron chi connectivity index (χ1n) is 7.31. The molecule has 128 valence electrons. The highest BCUT2D eigenvalue weighted by molar-refractivity contribution is 8.00. The number of thioether (sulfide) groups is 1. The summed E-state index contributed by atoms with van der Waals surface area (Å²) in [7, 11) is 0. The Hall–Kier alpha value is -1.41. The Morgan fingerprint density at radius 1 is 1.48 bits per heavy atom. The van der Waals surface area contributed by atoms with Crippen LogP contribution in [0.2, 0.25) is 0 Å². The molecule has 1 aliphatic rings. The minimum Gasteiger partial charge on any atom is -0.396 e. The predicted molar refractivity (Wildman–Crippen MR) is 83.5 cm³/mol. The van der Waals surface area contributed by atoms with Crippen LogP contribution in [0.25, 0.3) is 0 Å². The summed E-state index contributed by atoms with van der Waals surface area (Å²) in [6.07, 6.45) is 1.43. The summed E-state index contributed by atoms with van der Waals surface area (Å²) in [6.45, 7) is 2.83. The smallest absolute Gasteiger partial charge is 0.396 e. The van der Waals surface area contributed by atoms with Crippen molar-refractivity contribution in [2.24, 2.45) is 5.92 Å². The summed E-state index contributed by atoms with van der Waals surface area (Å²) >= 11 is -0.232. The lowest BCUT2D eigenvalue weighted by molar-refractivity contribution is -0.0328. The van der Waals surface area contributed by atoms with E-state index in [1.54, 1.807) is 17.9 Å². The van der Waals surface area contributed by atoms with Crippen LogP contribution in [-0.4, -0.2) is 41.2 Å². The predicted octanol–water partition coefficient (Wildman–Crippen LogP) is 3.84. The molecule has 1 heterocycles. The molecule has 2 N–H and O–H groups in total. The highest BCUT2D eigenvalue weighted by atomic mass is 32.2. The number of benzene rings is 1. The normalized spacial score (nSPS) is 18.3. The second kappa shape index (κ2) is 7.44. The zero-order chi connectivity index (χ0) is 17.0. The molecule has 8 heteroatoms. The number of carbonyl (C=O) groups is 1. The minimum absolute atomic E-state index is 0.0167. The zero-order valence-electron chi connectivity index (χ0n) is 12.7. The summed E-state index contributed by atoms with van der Waals surface area (Å²) in [5.74, 6) is 0.243. The number of nitrogens with zero attached hydrogens (tertiary/aromatic N) is 1. The molecule has 0 aromatic heterocycles. The van der Waals surface area contributed by atoms with E-state index in [9.17, 15) is 18.0 Å². The fourth-order valence-electron chi connectivity index (χ4n) is 2.57. The van der Waals surface area contributed by atoms with Gasteiger partial charge in [-0.25, -0.2) is 4.79 Å².